The van der Waals surface area contributed by atoms with Gasteiger partial charge in [-0.3, -0.25) is 9.59 Å². The lowest BCUT2D eigenvalue weighted by Crippen LogP contribution is -2.36. The Balaban J connectivity index is 1.51. The number of hydrogen-bond acceptors (Lipinski definition) is 3. The molecule has 0 saturated heterocycles. The highest BCUT2D eigenvalue weighted by atomic mass is 16.2. The molecule has 6 heteroatoms. The second-order valence-corrected chi connectivity index (χ2v) is 6.04. The predicted molar refractivity (Wildman–Crippen MR) is 96.2 cm³/mol. The third kappa shape index (κ3) is 4.23. The standard InChI is InChI=1S/C19H20N4O2/c1-12-7-13(2)9-14(8-12)19(25)21-11-18(24)20-10-17-22-15-5-3-4-6-16(15)23-17/h3-9H,10-11H2,1-2H3,(H,20,24)(H,21,25)(H,22,23). The average molecular weight is 336 g/mol. The summed E-state index contributed by atoms with van der Waals surface area (Å²) < 4.78 is 0. The normalized spacial score (nSPS) is 10.6. The molecule has 0 spiro atoms. The van der Waals surface area contributed by atoms with Gasteiger partial charge in [0.15, 0.2) is 0 Å². The van der Waals surface area contributed by atoms with Crippen LogP contribution in [0.25, 0.3) is 11.0 Å². The van der Waals surface area contributed by atoms with Crippen LogP contribution in [0.5, 0.6) is 0 Å². The predicted octanol–water partition coefficient (Wildman–Crippen LogP) is 2.23. The molecule has 0 aliphatic rings. The second-order valence-electron chi connectivity index (χ2n) is 6.04. The van der Waals surface area contributed by atoms with Crippen LogP contribution in [0.4, 0.5) is 0 Å². The Kier molecular flexibility index (Phi) is 4.79. The van der Waals surface area contributed by atoms with Gasteiger partial charge in [0.05, 0.1) is 24.1 Å². The van der Waals surface area contributed by atoms with Gasteiger partial charge in [-0.1, -0.05) is 29.3 Å². The van der Waals surface area contributed by atoms with Gasteiger partial charge in [-0.15, -0.1) is 0 Å². The lowest BCUT2D eigenvalue weighted by atomic mass is 10.1. The monoisotopic (exact) mass is 336 g/mol. The molecule has 0 bridgehead atoms. The van der Waals surface area contributed by atoms with Gasteiger partial charge in [0, 0.05) is 5.56 Å². The van der Waals surface area contributed by atoms with E-state index in [1.807, 2.05) is 44.2 Å². The Bertz CT molecular complexity index is 877. The number of benzene rings is 2. The Morgan fingerprint density at radius 1 is 1.04 bits per heavy atom. The number of aromatic amines is 1. The molecule has 0 unspecified atom stereocenters. The Labute approximate surface area is 145 Å². The number of rotatable bonds is 5. The lowest BCUT2D eigenvalue weighted by Gasteiger charge is -2.07. The summed E-state index contributed by atoms with van der Waals surface area (Å²) in [5.41, 5.74) is 4.37. The number of nitrogens with zero attached hydrogens (tertiary/aromatic N) is 1. The third-order valence-corrected chi connectivity index (χ3v) is 3.78. The van der Waals surface area contributed by atoms with Gasteiger partial charge in [0.2, 0.25) is 5.91 Å². The number of aromatic nitrogens is 2. The molecule has 0 atom stereocenters. The number of aryl methyl sites for hydroxylation is 2. The van der Waals surface area contributed by atoms with Crippen molar-refractivity contribution in [1.29, 1.82) is 0 Å². The topological polar surface area (TPSA) is 86.9 Å². The zero-order chi connectivity index (χ0) is 17.8. The molecule has 0 saturated carbocycles. The van der Waals surface area contributed by atoms with Crippen LogP contribution < -0.4 is 10.6 Å². The number of para-hydroxylation sites is 2. The summed E-state index contributed by atoms with van der Waals surface area (Å²) in [6.45, 7) is 4.08. The maximum atomic E-state index is 12.1. The van der Waals surface area contributed by atoms with E-state index in [-0.39, 0.29) is 24.9 Å². The summed E-state index contributed by atoms with van der Waals surface area (Å²) in [7, 11) is 0. The zero-order valence-corrected chi connectivity index (χ0v) is 14.2. The van der Waals surface area contributed by atoms with Crippen LogP contribution in [0, 0.1) is 13.8 Å². The van der Waals surface area contributed by atoms with Gasteiger partial charge in [0.25, 0.3) is 5.91 Å². The van der Waals surface area contributed by atoms with Crippen molar-refractivity contribution in [1.82, 2.24) is 20.6 Å². The van der Waals surface area contributed by atoms with Gasteiger partial charge in [0.1, 0.15) is 5.82 Å². The minimum atomic E-state index is -0.266. The molecule has 0 aliphatic carbocycles. The van der Waals surface area contributed by atoms with Crippen molar-refractivity contribution in [2.45, 2.75) is 20.4 Å². The summed E-state index contributed by atoms with van der Waals surface area (Å²) in [6.07, 6.45) is 0. The number of nitrogens with one attached hydrogen (secondary N) is 3. The molecule has 0 radical (unpaired) electrons. The first-order valence-corrected chi connectivity index (χ1v) is 8.08. The molecule has 0 fully saturated rings. The van der Waals surface area contributed by atoms with Crippen LogP contribution in [0.2, 0.25) is 0 Å². The lowest BCUT2D eigenvalue weighted by molar-refractivity contribution is -0.120. The number of H-pyrrole nitrogens is 1. The molecule has 3 aromatic rings. The SMILES string of the molecule is Cc1cc(C)cc(C(=O)NCC(=O)NCc2nc3ccccc3[nH]2)c1. The number of fused-ring (bicyclic) bond motifs is 1. The number of carbonyl (C=O) groups excluding carboxylic acids is 2. The fourth-order valence-corrected chi connectivity index (χ4v) is 2.70. The molecule has 2 aromatic carbocycles. The van der Waals surface area contributed by atoms with Crippen molar-refractivity contribution in [3.8, 4) is 0 Å². The first-order chi connectivity index (χ1) is 12.0. The molecule has 0 aliphatic heterocycles. The summed E-state index contributed by atoms with van der Waals surface area (Å²) >= 11 is 0. The smallest absolute Gasteiger partial charge is 0.251 e. The van der Waals surface area contributed by atoms with Crippen molar-refractivity contribution in [3.63, 3.8) is 0 Å². The van der Waals surface area contributed by atoms with Gasteiger partial charge < -0.3 is 15.6 Å². The first-order valence-electron chi connectivity index (χ1n) is 8.08. The van der Waals surface area contributed by atoms with Crippen molar-refractivity contribution in [2.24, 2.45) is 0 Å². The van der Waals surface area contributed by atoms with E-state index in [0.717, 1.165) is 22.2 Å². The molecule has 128 valence electrons. The molecule has 1 aromatic heterocycles. The number of imidazole rings is 1. The highest BCUT2D eigenvalue weighted by Gasteiger charge is 2.09. The number of amides is 2. The quantitative estimate of drug-likeness (QED) is 0.668. The molecule has 6 nitrogen and oxygen atoms in total. The Morgan fingerprint density at radius 2 is 1.76 bits per heavy atom. The van der Waals surface area contributed by atoms with E-state index in [0.29, 0.717) is 11.4 Å². The van der Waals surface area contributed by atoms with Crippen LogP contribution in [0.1, 0.15) is 27.3 Å². The molecular weight excluding hydrogens is 316 g/mol. The fraction of sp³-hybridized carbons (Fsp3) is 0.211. The van der Waals surface area contributed by atoms with Gasteiger partial charge in [-0.2, -0.15) is 0 Å². The maximum absolute atomic E-state index is 12.1. The van der Waals surface area contributed by atoms with Crippen LogP contribution in [-0.2, 0) is 11.3 Å². The molecule has 3 rings (SSSR count). The summed E-state index contributed by atoms with van der Waals surface area (Å²) in [5, 5.41) is 5.38. The number of carbonyl (C=O) groups is 2. The summed E-state index contributed by atoms with van der Waals surface area (Å²) in [4.78, 5) is 31.6. The largest absolute Gasteiger partial charge is 0.347 e. The average Bonchev–Trinajstić information content (AvgIpc) is 3.00. The molecule has 25 heavy (non-hydrogen) atoms. The summed E-state index contributed by atoms with van der Waals surface area (Å²) in [5.74, 6) is 0.152. The van der Waals surface area contributed by atoms with Gasteiger partial charge in [-0.05, 0) is 38.1 Å². The molecular formula is C19H20N4O2. The minimum absolute atomic E-state index is 0.0773. The van der Waals surface area contributed by atoms with Crippen molar-refractivity contribution in [3.05, 3.63) is 65.0 Å². The van der Waals surface area contributed by atoms with E-state index in [9.17, 15) is 9.59 Å². The van der Waals surface area contributed by atoms with Crippen molar-refractivity contribution < 1.29 is 9.59 Å². The van der Waals surface area contributed by atoms with E-state index in [2.05, 4.69) is 20.6 Å². The minimum Gasteiger partial charge on any atom is -0.347 e. The van der Waals surface area contributed by atoms with Crippen LogP contribution in [-0.4, -0.2) is 28.3 Å². The fourth-order valence-electron chi connectivity index (χ4n) is 2.70. The van der Waals surface area contributed by atoms with E-state index in [4.69, 9.17) is 0 Å². The third-order valence-electron chi connectivity index (χ3n) is 3.78. The van der Waals surface area contributed by atoms with Gasteiger partial charge >= 0.3 is 0 Å². The number of hydrogen-bond donors (Lipinski definition) is 3. The van der Waals surface area contributed by atoms with E-state index in [1.165, 1.54) is 0 Å². The second kappa shape index (κ2) is 7.17. The highest BCUT2D eigenvalue weighted by molar-refractivity contribution is 5.96. The van der Waals surface area contributed by atoms with Crippen LogP contribution >= 0.6 is 0 Å². The first kappa shape index (κ1) is 16.7. The molecule has 3 N–H and O–H groups in total. The zero-order valence-electron chi connectivity index (χ0n) is 14.2. The van der Waals surface area contributed by atoms with Crippen LogP contribution in [0.15, 0.2) is 42.5 Å². The van der Waals surface area contributed by atoms with Crippen molar-refractivity contribution >= 4 is 22.8 Å². The Morgan fingerprint density at radius 3 is 2.48 bits per heavy atom. The molecule has 2 amide bonds. The highest BCUT2D eigenvalue weighted by Crippen LogP contribution is 2.10. The van der Waals surface area contributed by atoms with E-state index >= 15 is 0 Å². The summed E-state index contributed by atoms with van der Waals surface area (Å²) in [6, 6.07) is 13.3. The van der Waals surface area contributed by atoms with E-state index in [1.54, 1.807) is 12.1 Å². The van der Waals surface area contributed by atoms with Gasteiger partial charge in [-0.25, -0.2) is 4.98 Å². The van der Waals surface area contributed by atoms with E-state index < -0.39 is 0 Å². The Hall–Kier alpha value is -3.15. The van der Waals surface area contributed by atoms with Crippen molar-refractivity contribution in [2.75, 3.05) is 6.54 Å². The maximum Gasteiger partial charge on any atom is 0.251 e. The van der Waals surface area contributed by atoms with Crippen LogP contribution in [0.3, 0.4) is 0 Å². The molecule has 1 heterocycles.